The van der Waals surface area contributed by atoms with Gasteiger partial charge in [-0.15, -0.1) is 0 Å². The first-order chi connectivity index (χ1) is 12.9. The zero-order valence-corrected chi connectivity index (χ0v) is 16.8. The van der Waals surface area contributed by atoms with Crippen molar-refractivity contribution in [3.8, 4) is 5.75 Å². The van der Waals surface area contributed by atoms with E-state index in [4.69, 9.17) is 27.9 Å². The number of rotatable bonds is 10. The lowest BCUT2D eigenvalue weighted by molar-refractivity contribution is -0.121. The molecule has 0 aliphatic rings. The Morgan fingerprint density at radius 3 is 2.41 bits per heavy atom. The Morgan fingerprint density at radius 2 is 1.70 bits per heavy atom. The second kappa shape index (κ2) is 10.5. The second-order valence-corrected chi connectivity index (χ2v) is 8.19. The number of carbonyl (C=O) groups is 1. The number of hydrogen-bond acceptors (Lipinski definition) is 4. The third kappa shape index (κ3) is 7.38. The first-order valence-electron chi connectivity index (χ1n) is 8.28. The molecule has 1 amide bonds. The molecule has 0 radical (unpaired) electrons. The first-order valence-corrected chi connectivity index (χ1v) is 10.5. The minimum absolute atomic E-state index is 0.0901. The fourth-order valence-electron chi connectivity index (χ4n) is 2.15. The summed E-state index contributed by atoms with van der Waals surface area (Å²) in [4.78, 5) is 11.9. The van der Waals surface area contributed by atoms with Crippen molar-refractivity contribution < 1.29 is 17.9 Å². The van der Waals surface area contributed by atoms with Crippen molar-refractivity contribution in [2.75, 3.05) is 19.7 Å². The van der Waals surface area contributed by atoms with Crippen LogP contribution in [0.2, 0.25) is 10.0 Å². The molecule has 27 heavy (non-hydrogen) atoms. The van der Waals surface area contributed by atoms with Gasteiger partial charge in [-0.05, 0) is 42.8 Å². The molecule has 2 N–H and O–H groups in total. The molecule has 0 unspecified atom stereocenters. The van der Waals surface area contributed by atoms with Crippen molar-refractivity contribution >= 4 is 39.1 Å². The number of nitrogens with one attached hydrogen (secondary N) is 2. The molecule has 0 aliphatic carbocycles. The first kappa shape index (κ1) is 21.5. The molecule has 2 aromatic rings. The van der Waals surface area contributed by atoms with Crippen LogP contribution in [-0.4, -0.2) is 34.0 Å². The zero-order valence-electron chi connectivity index (χ0n) is 14.5. The quantitative estimate of drug-likeness (QED) is 0.566. The van der Waals surface area contributed by atoms with Crippen LogP contribution in [0.4, 0.5) is 0 Å². The summed E-state index contributed by atoms with van der Waals surface area (Å²) in [5, 5.41) is 3.64. The monoisotopic (exact) mass is 430 g/mol. The molecule has 6 nitrogen and oxygen atoms in total. The van der Waals surface area contributed by atoms with Crippen LogP contribution in [0.25, 0.3) is 0 Å². The summed E-state index contributed by atoms with van der Waals surface area (Å²) < 4.78 is 32.1. The molecule has 0 aliphatic heterocycles. The van der Waals surface area contributed by atoms with Crippen LogP contribution in [0, 0.1) is 0 Å². The van der Waals surface area contributed by atoms with Crippen molar-refractivity contribution in [2.45, 2.75) is 17.7 Å². The number of benzene rings is 2. The summed E-state index contributed by atoms with van der Waals surface area (Å²) in [6.45, 7) is 0.643. The fourth-order valence-corrected chi connectivity index (χ4v) is 3.50. The van der Waals surface area contributed by atoms with Crippen molar-refractivity contribution in [2.24, 2.45) is 0 Å². The highest BCUT2D eigenvalue weighted by Crippen LogP contribution is 2.23. The summed E-state index contributed by atoms with van der Waals surface area (Å²) in [5.41, 5.74) is 0. The van der Waals surface area contributed by atoms with Gasteiger partial charge in [0, 0.05) is 24.5 Å². The molecule has 2 aromatic carbocycles. The topological polar surface area (TPSA) is 84.5 Å². The summed E-state index contributed by atoms with van der Waals surface area (Å²) in [5.74, 6) is 0.402. The Morgan fingerprint density at radius 1 is 1.00 bits per heavy atom. The van der Waals surface area contributed by atoms with E-state index in [2.05, 4.69) is 10.0 Å². The van der Waals surface area contributed by atoms with Crippen LogP contribution in [0.3, 0.4) is 0 Å². The van der Waals surface area contributed by atoms with E-state index < -0.39 is 10.0 Å². The fraction of sp³-hybridized carbons (Fsp3) is 0.278. The molecule has 0 spiro atoms. The number of ether oxygens (including phenoxy) is 1. The Bertz CT molecular complexity index is 858. The average molecular weight is 431 g/mol. The van der Waals surface area contributed by atoms with Crippen LogP contribution in [0.15, 0.2) is 53.4 Å². The molecule has 0 heterocycles. The third-order valence-corrected chi connectivity index (χ3v) is 5.55. The number of carbonyl (C=O) groups excluding carboxylic acids is 1. The Kier molecular flexibility index (Phi) is 8.37. The second-order valence-electron chi connectivity index (χ2n) is 5.58. The van der Waals surface area contributed by atoms with Gasteiger partial charge >= 0.3 is 0 Å². The van der Waals surface area contributed by atoms with E-state index in [0.29, 0.717) is 28.8 Å². The number of para-hydroxylation sites is 1. The highest BCUT2D eigenvalue weighted by Gasteiger charge is 2.13. The zero-order chi connectivity index (χ0) is 19.7. The largest absolute Gasteiger partial charge is 0.492 e. The molecule has 0 aromatic heterocycles. The van der Waals surface area contributed by atoms with Gasteiger partial charge in [0.05, 0.1) is 16.5 Å². The van der Waals surface area contributed by atoms with E-state index in [-0.39, 0.29) is 30.3 Å². The molecule has 0 fully saturated rings. The molecule has 0 saturated heterocycles. The van der Waals surface area contributed by atoms with E-state index in [1.165, 1.54) is 24.3 Å². The molecule has 9 heteroatoms. The van der Waals surface area contributed by atoms with E-state index in [1.54, 1.807) is 12.1 Å². The minimum Gasteiger partial charge on any atom is -0.492 e. The van der Waals surface area contributed by atoms with Crippen LogP contribution in [-0.2, 0) is 14.8 Å². The molecule has 0 bridgehead atoms. The van der Waals surface area contributed by atoms with E-state index in [9.17, 15) is 13.2 Å². The number of amides is 1. The summed E-state index contributed by atoms with van der Waals surface area (Å²) in [7, 11) is -3.62. The van der Waals surface area contributed by atoms with Crippen LogP contribution in [0.1, 0.15) is 12.8 Å². The Labute approximate surface area is 168 Å². The smallest absolute Gasteiger partial charge is 0.240 e. The van der Waals surface area contributed by atoms with E-state index in [0.717, 1.165) is 0 Å². The van der Waals surface area contributed by atoms with Crippen molar-refractivity contribution in [1.29, 1.82) is 0 Å². The van der Waals surface area contributed by atoms with Crippen LogP contribution < -0.4 is 14.8 Å². The lowest BCUT2D eigenvalue weighted by atomic mass is 10.3. The third-order valence-electron chi connectivity index (χ3n) is 3.51. The molecule has 0 atom stereocenters. The lowest BCUT2D eigenvalue weighted by Crippen LogP contribution is -2.34. The Hall–Kier alpha value is -1.80. The van der Waals surface area contributed by atoms with Crippen LogP contribution in [0.5, 0.6) is 5.75 Å². The molecule has 2 rings (SSSR count). The number of sulfonamides is 1. The maximum absolute atomic E-state index is 12.1. The number of halogens is 2. The van der Waals surface area contributed by atoms with Crippen molar-refractivity contribution in [1.82, 2.24) is 10.0 Å². The van der Waals surface area contributed by atoms with Gasteiger partial charge in [0.2, 0.25) is 15.9 Å². The average Bonchev–Trinajstić information content (AvgIpc) is 2.64. The van der Waals surface area contributed by atoms with E-state index >= 15 is 0 Å². The Balaban J connectivity index is 1.62. The van der Waals surface area contributed by atoms with Gasteiger partial charge in [0.15, 0.2) is 0 Å². The highest BCUT2D eigenvalue weighted by molar-refractivity contribution is 7.89. The maximum atomic E-state index is 12.1. The van der Waals surface area contributed by atoms with Crippen LogP contribution >= 0.6 is 23.2 Å². The lowest BCUT2D eigenvalue weighted by Gasteiger charge is -2.09. The normalized spacial score (nSPS) is 11.2. The standard InChI is InChI=1S/C18H20Cl2N2O4S/c19-14-7-9-15(10-8-14)27(24,25)22-12-11-21-18(23)6-3-13-26-17-5-2-1-4-16(17)20/h1-2,4-5,7-10,22H,3,6,11-13H2,(H,21,23). The van der Waals surface area contributed by atoms with Gasteiger partial charge in [-0.25, -0.2) is 13.1 Å². The SMILES string of the molecule is O=C(CCCOc1ccccc1Cl)NCCNS(=O)(=O)c1ccc(Cl)cc1. The predicted octanol–water partition coefficient (Wildman–Crippen LogP) is 3.25. The maximum Gasteiger partial charge on any atom is 0.240 e. The molecule has 146 valence electrons. The summed E-state index contributed by atoms with van der Waals surface area (Å²) in [6, 6.07) is 13.0. The van der Waals surface area contributed by atoms with Gasteiger partial charge in [-0.2, -0.15) is 0 Å². The highest BCUT2D eigenvalue weighted by atomic mass is 35.5. The minimum atomic E-state index is -3.62. The molecular weight excluding hydrogens is 411 g/mol. The molecular formula is C18H20Cl2N2O4S. The van der Waals surface area contributed by atoms with Gasteiger partial charge in [0.25, 0.3) is 0 Å². The predicted molar refractivity (Wildman–Crippen MR) is 106 cm³/mol. The van der Waals surface area contributed by atoms with Gasteiger partial charge < -0.3 is 10.1 Å². The van der Waals surface area contributed by atoms with Gasteiger partial charge in [0.1, 0.15) is 5.75 Å². The molecule has 0 saturated carbocycles. The van der Waals surface area contributed by atoms with Gasteiger partial charge in [-0.1, -0.05) is 35.3 Å². The van der Waals surface area contributed by atoms with E-state index in [1.807, 2.05) is 12.1 Å². The summed E-state index contributed by atoms with van der Waals surface area (Å²) in [6.07, 6.45) is 0.794. The summed E-state index contributed by atoms with van der Waals surface area (Å²) >= 11 is 11.7. The van der Waals surface area contributed by atoms with Crippen molar-refractivity contribution in [3.05, 3.63) is 58.6 Å². The van der Waals surface area contributed by atoms with Crippen molar-refractivity contribution in [3.63, 3.8) is 0 Å². The van der Waals surface area contributed by atoms with Gasteiger partial charge in [-0.3, -0.25) is 4.79 Å². The number of hydrogen-bond donors (Lipinski definition) is 2.